The number of hydrogen-bond donors (Lipinski definition) is 4. The van der Waals surface area contributed by atoms with Gasteiger partial charge in [-0.2, -0.15) is 0 Å². The van der Waals surface area contributed by atoms with Crippen molar-refractivity contribution in [1.82, 2.24) is 21.7 Å². The number of rotatable bonds is 8. The number of hydrogen-bond acceptors (Lipinski definition) is 8. The summed E-state index contributed by atoms with van der Waals surface area (Å²) in [6.45, 7) is 0. The second kappa shape index (κ2) is 7.38. The fraction of sp³-hybridized carbons (Fsp3) is 1.00. The van der Waals surface area contributed by atoms with Crippen LogP contribution in [-0.4, -0.2) is 31.5 Å². The first-order valence-electron chi connectivity index (χ1n) is 6.81. The first-order valence-corrected chi connectivity index (χ1v) is 6.81. The first kappa shape index (κ1) is 18.8. The first-order chi connectivity index (χ1) is 11.1. The van der Waals surface area contributed by atoms with E-state index in [1.165, 1.54) is 0 Å². The molecule has 1 aliphatic carbocycles. The Morgan fingerprint density at radius 3 is 1.00 bits per heavy atom. The highest BCUT2D eigenvalue weighted by Gasteiger charge is 2.64. The minimum atomic E-state index is -2.43. The molecule has 0 atom stereocenters. The van der Waals surface area contributed by atoms with Crippen LogP contribution in [-0.2, 0) is 0 Å². The molecular formula is C8H16N8O8. The number of nitrogens with one attached hydrogen (secondary N) is 4. The third-order valence-electron chi connectivity index (χ3n) is 3.71. The van der Waals surface area contributed by atoms with Gasteiger partial charge in [-0.15, -0.1) is 21.7 Å². The van der Waals surface area contributed by atoms with Crippen molar-refractivity contribution in [1.29, 1.82) is 0 Å². The van der Waals surface area contributed by atoms with Crippen molar-refractivity contribution in [2.75, 3.05) is 0 Å². The SMILES string of the molecule is O=[N+]([O-])NC1(N[N+](=O)[O-])CCCCCCC1(N[N+](=O)[O-])N[N+](=O)[O-]. The van der Waals surface area contributed by atoms with Gasteiger partial charge in [0.25, 0.3) is 11.3 Å². The van der Waals surface area contributed by atoms with Gasteiger partial charge in [0.05, 0.1) is 0 Å². The Hall–Kier alpha value is -3.20. The van der Waals surface area contributed by atoms with Crippen LogP contribution in [0.1, 0.15) is 38.5 Å². The largest absolute Gasteiger partial charge is 0.272 e. The highest BCUT2D eigenvalue weighted by Crippen LogP contribution is 2.32. The minimum Gasteiger partial charge on any atom is -0.235 e. The van der Waals surface area contributed by atoms with Crippen molar-refractivity contribution in [3.63, 3.8) is 0 Å². The van der Waals surface area contributed by atoms with Gasteiger partial charge < -0.3 is 0 Å². The molecule has 0 amide bonds. The van der Waals surface area contributed by atoms with Gasteiger partial charge >= 0.3 is 0 Å². The summed E-state index contributed by atoms with van der Waals surface area (Å²) in [6, 6.07) is 0. The molecule has 0 aromatic heterocycles. The molecule has 0 aliphatic heterocycles. The van der Waals surface area contributed by atoms with Gasteiger partial charge in [-0.1, -0.05) is 12.8 Å². The van der Waals surface area contributed by atoms with Gasteiger partial charge in [0.1, 0.15) is 0 Å². The lowest BCUT2D eigenvalue weighted by molar-refractivity contribution is -0.655. The molecule has 0 radical (unpaired) electrons. The Balaban J connectivity index is 3.50. The molecule has 0 spiro atoms. The summed E-state index contributed by atoms with van der Waals surface area (Å²) < 4.78 is 0. The summed E-state index contributed by atoms with van der Waals surface area (Å²) in [5.74, 6) is 0. The van der Waals surface area contributed by atoms with Crippen molar-refractivity contribution in [2.45, 2.75) is 49.9 Å². The molecule has 1 fully saturated rings. The van der Waals surface area contributed by atoms with Crippen molar-refractivity contribution >= 4 is 0 Å². The average molecular weight is 352 g/mol. The summed E-state index contributed by atoms with van der Waals surface area (Å²) in [7, 11) is 0. The minimum absolute atomic E-state index is 0.211. The Kier molecular flexibility index (Phi) is 5.79. The van der Waals surface area contributed by atoms with Crippen LogP contribution < -0.4 is 21.7 Å². The zero-order valence-electron chi connectivity index (χ0n) is 12.3. The Morgan fingerprint density at radius 1 is 0.542 bits per heavy atom. The highest BCUT2D eigenvalue weighted by atomic mass is 16.7. The predicted octanol–water partition coefficient (Wildman–Crippen LogP) is -1.14. The number of hydrazine groups is 4. The lowest BCUT2D eigenvalue weighted by Gasteiger charge is -2.41. The van der Waals surface area contributed by atoms with Crippen LogP contribution in [0.4, 0.5) is 0 Å². The van der Waals surface area contributed by atoms with Crippen LogP contribution in [0.3, 0.4) is 0 Å². The molecule has 24 heavy (non-hydrogen) atoms. The highest BCUT2D eigenvalue weighted by molar-refractivity contribution is 5.02. The molecule has 4 N–H and O–H groups in total. The lowest BCUT2D eigenvalue weighted by atomic mass is 9.82. The molecule has 0 bridgehead atoms. The number of nitro groups is 4. The molecule has 1 saturated carbocycles. The Bertz CT molecular complexity index is 448. The van der Waals surface area contributed by atoms with Gasteiger partial charge in [0.2, 0.25) is 0 Å². The molecule has 136 valence electrons. The van der Waals surface area contributed by atoms with Crippen LogP contribution in [0, 0.1) is 40.5 Å². The molecule has 16 heteroatoms. The quantitative estimate of drug-likeness (QED) is 0.231. The number of nitrogens with zero attached hydrogens (tertiary/aromatic N) is 4. The average Bonchev–Trinajstić information content (AvgIpc) is 2.37. The van der Waals surface area contributed by atoms with E-state index in [2.05, 4.69) is 0 Å². The summed E-state index contributed by atoms with van der Waals surface area (Å²) in [6.07, 6.45) is 0.818. The van der Waals surface area contributed by atoms with E-state index in [0.29, 0.717) is 12.8 Å². The van der Waals surface area contributed by atoms with E-state index in [9.17, 15) is 40.5 Å². The second-order valence-electron chi connectivity index (χ2n) is 5.20. The molecule has 1 rings (SSSR count). The van der Waals surface area contributed by atoms with E-state index in [1.54, 1.807) is 21.7 Å². The summed E-state index contributed by atoms with van der Waals surface area (Å²) in [5, 5.41) is 39.2. The smallest absolute Gasteiger partial charge is 0.235 e. The van der Waals surface area contributed by atoms with E-state index < -0.39 is 31.5 Å². The third kappa shape index (κ3) is 4.40. The third-order valence-corrected chi connectivity index (χ3v) is 3.71. The molecule has 0 aromatic carbocycles. The van der Waals surface area contributed by atoms with Crippen LogP contribution in [0.5, 0.6) is 0 Å². The molecule has 0 saturated heterocycles. The van der Waals surface area contributed by atoms with Crippen LogP contribution in [0.2, 0.25) is 0 Å². The van der Waals surface area contributed by atoms with E-state index >= 15 is 0 Å². The van der Waals surface area contributed by atoms with Crippen LogP contribution in [0.25, 0.3) is 0 Å². The standard InChI is InChI=1S/C8H16N8O8/c17-13(18)9-7(10-14(19)20)5-3-1-2-4-6-8(7,11-15(21)22)12-16(23)24/h9-12H,1-6H2. The molecule has 1 aliphatic rings. The van der Waals surface area contributed by atoms with Gasteiger partial charge in [-0.05, 0) is 12.8 Å². The fourth-order valence-corrected chi connectivity index (χ4v) is 2.84. The Morgan fingerprint density at radius 2 is 0.792 bits per heavy atom. The van der Waals surface area contributed by atoms with Gasteiger partial charge in [-0.25, -0.2) is 40.5 Å². The second-order valence-corrected chi connectivity index (χ2v) is 5.20. The topological polar surface area (TPSA) is 221 Å². The van der Waals surface area contributed by atoms with Gasteiger partial charge in [-0.3, -0.25) is 0 Å². The monoisotopic (exact) mass is 352 g/mol. The summed E-state index contributed by atoms with van der Waals surface area (Å²) in [4.78, 5) is 43.8. The lowest BCUT2D eigenvalue weighted by Crippen LogP contribution is -2.83. The normalized spacial score (nSPS) is 19.0. The molecule has 0 heterocycles. The Labute approximate surface area is 133 Å². The zero-order valence-corrected chi connectivity index (χ0v) is 12.3. The van der Waals surface area contributed by atoms with E-state index in [4.69, 9.17) is 0 Å². The fourth-order valence-electron chi connectivity index (χ4n) is 2.84. The maximum atomic E-state index is 10.9. The zero-order chi connectivity index (χ0) is 18.4. The van der Waals surface area contributed by atoms with Gasteiger partial charge in [0.15, 0.2) is 20.1 Å². The predicted molar refractivity (Wildman–Crippen MR) is 73.7 cm³/mol. The van der Waals surface area contributed by atoms with Crippen molar-refractivity contribution in [3.8, 4) is 0 Å². The van der Waals surface area contributed by atoms with Crippen molar-refractivity contribution in [3.05, 3.63) is 40.5 Å². The maximum absolute atomic E-state index is 10.9. The molecule has 0 unspecified atom stereocenters. The summed E-state index contributed by atoms with van der Waals surface area (Å²) >= 11 is 0. The van der Waals surface area contributed by atoms with E-state index in [1.807, 2.05) is 0 Å². The molecular weight excluding hydrogens is 336 g/mol. The maximum Gasteiger partial charge on any atom is 0.272 e. The van der Waals surface area contributed by atoms with Gasteiger partial charge in [0, 0.05) is 12.8 Å². The van der Waals surface area contributed by atoms with E-state index in [-0.39, 0.29) is 25.7 Å². The molecule has 0 aromatic rings. The van der Waals surface area contributed by atoms with Crippen molar-refractivity contribution < 1.29 is 20.1 Å². The van der Waals surface area contributed by atoms with E-state index in [0.717, 1.165) is 0 Å². The van der Waals surface area contributed by atoms with Crippen molar-refractivity contribution in [2.24, 2.45) is 0 Å². The summed E-state index contributed by atoms with van der Waals surface area (Å²) in [5.41, 5.74) is 1.67. The van der Waals surface area contributed by atoms with Crippen LogP contribution >= 0.6 is 0 Å². The van der Waals surface area contributed by atoms with Crippen LogP contribution in [0.15, 0.2) is 0 Å². The molecule has 16 nitrogen and oxygen atoms in total.